The third-order valence-electron chi connectivity index (χ3n) is 5.01. The van der Waals surface area contributed by atoms with E-state index in [1.807, 2.05) is 18.2 Å². The Bertz CT molecular complexity index is 483. The summed E-state index contributed by atoms with van der Waals surface area (Å²) in [7, 11) is 0. The van der Waals surface area contributed by atoms with Gasteiger partial charge in [-0.3, -0.25) is 4.79 Å². The zero-order valence-corrected chi connectivity index (χ0v) is 13.0. The standard InChI is InChI=1S/C18H25NO2/c1-14(2)16(15-6-4-3-5-7-15)17(20)19-12-18(13-19)8-10-21-11-9-18/h3-7,14,16H,8-13H2,1-2H3. The maximum atomic E-state index is 12.9. The van der Waals surface area contributed by atoms with E-state index in [1.165, 1.54) is 0 Å². The molecule has 1 atom stereocenters. The second kappa shape index (κ2) is 5.80. The highest BCUT2D eigenvalue weighted by atomic mass is 16.5. The zero-order valence-electron chi connectivity index (χ0n) is 13.0. The molecule has 1 aromatic rings. The van der Waals surface area contributed by atoms with Crippen LogP contribution >= 0.6 is 0 Å². The first-order valence-electron chi connectivity index (χ1n) is 8.03. The minimum Gasteiger partial charge on any atom is -0.381 e. The van der Waals surface area contributed by atoms with Crippen LogP contribution in [0.4, 0.5) is 0 Å². The first-order valence-corrected chi connectivity index (χ1v) is 8.03. The predicted molar refractivity (Wildman–Crippen MR) is 83.1 cm³/mol. The lowest BCUT2D eigenvalue weighted by Crippen LogP contribution is -2.61. The van der Waals surface area contributed by atoms with Gasteiger partial charge in [-0.1, -0.05) is 44.2 Å². The smallest absolute Gasteiger partial charge is 0.230 e. The van der Waals surface area contributed by atoms with Gasteiger partial charge < -0.3 is 9.64 Å². The molecule has 2 saturated heterocycles. The second-order valence-corrected chi connectivity index (χ2v) is 6.94. The molecule has 3 nitrogen and oxygen atoms in total. The average Bonchev–Trinajstić information content (AvgIpc) is 2.46. The Labute approximate surface area is 127 Å². The lowest BCUT2D eigenvalue weighted by molar-refractivity contribution is -0.152. The van der Waals surface area contributed by atoms with E-state index in [0.717, 1.165) is 44.7 Å². The summed E-state index contributed by atoms with van der Waals surface area (Å²) in [5.41, 5.74) is 1.50. The Hall–Kier alpha value is -1.35. The largest absolute Gasteiger partial charge is 0.381 e. The molecule has 2 heterocycles. The van der Waals surface area contributed by atoms with E-state index < -0.39 is 0 Å². The maximum Gasteiger partial charge on any atom is 0.230 e. The molecule has 0 radical (unpaired) electrons. The topological polar surface area (TPSA) is 29.5 Å². The molecule has 2 fully saturated rings. The number of carbonyl (C=O) groups is 1. The van der Waals surface area contributed by atoms with Crippen LogP contribution in [0.2, 0.25) is 0 Å². The molecule has 3 heteroatoms. The van der Waals surface area contributed by atoms with Gasteiger partial charge in [0.1, 0.15) is 0 Å². The number of benzene rings is 1. The highest BCUT2D eigenvalue weighted by Crippen LogP contribution is 2.41. The monoisotopic (exact) mass is 287 g/mol. The molecule has 1 aromatic carbocycles. The lowest BCUT2D eigenvalue weighted by Gasteiger charge is -2.53. The fourth-order valence-electron chi connectivity index (χ4n) is 3.71. The molecule has 114 valence electrons. The molecule has 1 unspecified atom stereocenters. The van der Waals surface area contributed by atoms with Gasteiger partial charge in [0.15, 0.2) is 0 Å². The molecule has 2 aliphatic rings. The minimum absolute atomic E-state index is 0.0107. The third kappa shape index (κ3) is 2.84. The first-order chi connectivity index (χ1) is 10.1. The lowest BCUT2D eigenvalue weighted by atomic mass is 9.72. The van der Waals surface area contributed by atoms with Crippen molar-refractivity contribution in [2.24, 2.45) is 11.3 Å². The summed E-state index contributed by atoms with van der Waals surface area (Å²) in [6.45, 7) is 7.83. The Morgan fingerprint density at radius 3 is 2.33 bits per heavy atom. The Kier molecular flexibility index (Phi) is 4.03. The number of amides is 1. The summed E-state index contributed by atoms with van der Waals surface area (Å²) in [6, 6.07) is 10.2. The van der Waals surface area contributed by atoms with Crippen LogP contribution in [0.5, 0.6) is 0 Å². The van der Waals surface area contributed by atoms with Crippen LogP contribution in [0, 0.1) is 11.3 Å². The van der Waals surface area contributed by atoms with Crippen molar-refractivity contribution >= 4 is 5.91 Å². The van der Waals surface area contributed by atoms with E-state index in [0.29, 0.717) is 17.2 Å². The Morgan fingerprint density at radius 2 is 1.76 bits per heavy atom. The predicted octanol–water partition coefficient (Wildman–Crippen LogP) is 3.07. The molecule has 0 aromatic heterocycles. The summed E-state index contributed by atoms with van der Waals surface area (Å²) in [5, 5.41) is 0. The number of ether oxygens (including phenoxy) is 1. The number of nitrogens with zero attached hydrogens (tertiary/aromatic N) is 1. The Morgan fingerprint density at radius 1 is 1.14 bits per heavy atom. The Balaban J connectivity index is 1.69. The molecular formula is C18H25NO2. The highest BCUT2D eigenvalue weighted by molar-refractivity contribution is 5.85. The van der Waals surface area contributed by atoms with Crippen LogP contribution in [0.1, 0.15) is 38.2 Å². The van der Waals surface area contributed by atoms with Gasteiger partial charge in [0.2, 0.25) is 5.91 Å². The van der Waals surface area contributed by atoms with E-state index in [9.17, 15) is 4.79 Å². The van der Waals surface area contributed by atoms with Crippen molar-refractivity contribution in [3.63, 3.8) is 0 Å². The highest BCUT2D eigenvalue weighted by Gasteiger charge is 2.47. The fraction of sp³-hybridized carbons (Fsp3) is 0.611. The second-order valence-electron chi connectivity index (χ2n) is 6.94. The van der Waals surface area contributed by atoms with Crippen molar-refractivity contribution in [2.75, 3.05) is 26.3 Å². The average molecular weight is 287 g/mol. The maximum absolute atomic E-state index is 12.9. The van der Waals surface area contributed by atoms with Crippen LogP contribution in [0.3, 0.4) is 0 Å². The van der Waals surface area contributed by atoms with Crippen LogP contribution < -0.4 is 0 Å². The third-order valence-corrected chi connectivity index (χ3v) is 5.01. The number of rotatable bonds is 3. The van der Waals surface area contributed by atoms with E-state index in [2.05, 4.69) is 30.9 Å². The summed E-state index contributed by atoms with van der Waals surface area (Å²) in [4.78, 5) is 14.9. The van der Waals surface area contributed by atoms with Crippen molar-refractivity contribution < 1.29 is 9.53 Å². The number of likely N-dealkylation sites (tertiary alicyclic amines) is 1. The van der Waals surface area contributed by atoms with Crippen molar-refractivity contribution in [1.29, 1.82) is 0 Å². The summed E-state index contributed by atoms with van der Waals surface area (Å²) in [6.07, 6.45) is 2.21. The molecule has 0 aliphatic carbocycles. The summed E-state index contributed by atoms with van der Waals surface area (Å²) < 4.78 is 5.45. The van der Waals surface area contributed by atoms with Crippen LogP contribution in [-0.4, -0.2) is 37.1 Å². The number of carbonyl (C=O) groups excluding carboxylic acids is 1. The fourth-order valence-corrected chi connectivity index (χ4v) is 3.71. The van der Waals surface area contributed by atoms with Gasteiger partial charge in [-0.25, -0.2) is 0 Å². The molecule has 21 heavy (non-hydrogen) atoms. The normalized spacial score (nSPS) is 22.1. The first kappa shape index (κ1) is 14.6. The number of hydrogen-bond acceptors (Lipinski definition) is 2. The number of hydrogen-bond donors (Lipinski definition) is 0. The quantitative estimate of drug-likeness (QED) is 0.855. The molecule has 0 N–H and O–H groups in total. The van der Waals surface area contributed by atoms with Crippen molar-refractivity contribution in [3.05, 3.63) is 35.9 Å². The van der Waals surface area contributed by atoms with E-state index >= 15 is 0 Å². The SMILES string of the molecule is CC(C)C(C(=O)N1CC2(CCOCC2)C1)c1ccccc1. The van der Waals surface area contributed by atoms with E-state index in [4.69, 9.17) is 4.74 Å². The molecule has 1 spiro atoms. The van der Waals surface area contributed by atoms with Gasteiger partial charge in [0.25, 0.3) is 0 Å². The van der Waals surface area contributed by atoms with Crippen molar-refractivity contribution in [3.8, 4) is 0 Å². The summed E-state index contributed by atoms with van der Waals surface area (Å²) >= 11 is 0. The van der Waals surface area contributed by atoms with Gasteiger partial charge in [0, 0.05) is 31.7 Å². The van der Waals surface area contributed by atoms with Crippen molar-refractivity contribution in [1.82, 2.24) is 4.90 Å². The molecule has 3 rings (SSSR count). The molecule has 2 aliphatic heterocycles. The van der Waals surface area contributed by atoms with Crippen LogP contribution in [0.25, 0.3) is 0 Å². The molecular weight excluding hydrogens is 262 g/mol. The van der Waals surface area contributed by atoms with Crippen LogP contribution in [-0.2, 0) is 9.53 Å². The zero-order chi connectivity index (χ0) is 14.9. The van der Waals surface area contributed by atoms with Gasteiger partial charge in [-0.05, 0) is 24.3 Å². The van der Waals surface area contributed by atoms with Gasteiger partial charge in [-0.2, -0.15) is 0 Å². The van der Waals surface area contributed by atoms with Gasteiger partial charge in [-0.15, -0.1) is 0 Å². The van der Waals surface area contributed by atoms with E-state index in [1.54, 1.807) is 0 Å². The molecule has 1 amide bonds. The van der Waals surface area contributed by atoms with Crippen LogP contribution in [0.15, 0.2) is 30.3 Å². The minimum atomic E-state index is -0.0107. The van der Waals surface area contributed by atoms with Gasteiger partial charge in [0.05, 0.1) is 5.92 Å². The summed E-state index contributed by atoms with van der Waals surface area (Å²) in [5.74, 6) is 0.614. The molecule has 0 saturated carbocycles. The van der Waals surface area contributed by atoms with Gasteiger partial charge >= 0.3 is 0 Å². The van der Waals surface area contributed by atoms with E-state index in [-0.39, 0.29) is 5.92 Å². The molecule has 0 bridgehead atoms. The van der Waals surface area contributed by atoms with Crippen molar-refractivity contribution in [2.45, 2.75) is 32.6 Å².